The van der Waals surface area contributed by atoms with E-state index in [0.717, 1.165) is 30.5 Å². The molecule has 0 spiro atoms. The summed E-state index contributed by atoms with van der Waals surface area (Å²) in [6, 6.07) is 3.43. The average molecular weight is 553 g/mol. The first-order valence-electron chi connectivity index (χ1n) is 14.1. The van der Waals surface area contributed by atoms with Gasteiger partial charge < -0.3 is 29.5 Å². The maximum absolute atomic E-state index is 13.8. The van der Waals surface area contributed by atoms with Crippen molar-refractivity contribution in [1.82, 2.24) is 20.2 Å². The number of nitrogens with one attached hydrogen (secondary N) is 1. The number of amides is 2. The first-order valence-corrected chi connectivity index (χ1v) is 14.1. The predicted molar refractivity (Wildman–Crippen MR) is 143 cm³/mol. The number of hydrogen-bond donors (Lipinski definition) is 2. The molecule has 1 aromatic heterocycles. The number of carboxylic acids is 1. The van der Waals surface area contributed by atoms with Crippen LogP contribution in [0.1, 0.15) is 52.1 Å². The van der Waals surface area contributed by atoms with E-state index in [2.05, 4.69) is 5.32 Å². The van der Waals surface area contributed by atoms with Crippen LogP contribution in [0.5, 0.6) is 11.6 Å². The average Bonchev–Trinajstić information content (AvgIpc) is 3.75. The number of ether oxygens (including phenoxy) is 3. The maximum atomic E-state index is 13.8. The molecule has 3 fully saturated rings. The lowest BCUT2D eigenvalue weighted by molar-refractivity contribution is -0.150. The van der Waals surface area contributed by atoms with Crippen molar-refractivity contribution in [3.8, 4) is 11.6 Å². The van der Waals surface area contributed by atoms with Gasteiger partial charge >= 0.3 is 12.1 Å². The number of carbonyl (C=O) groups excluding carboxylic acids is 2. The molecule has 2 amide bonds. The molecule has 40 heavy (non-hydrogen) atoms. The highest BCUT2D eigenvalue weighted by Crippen LogP contribution is 2.71. The number of nitrogens with zero attached hydrogens (tertiary/aromatic N) is 3. The summed E-state index contributed by atoms with van der Waals surface area (Å²) in [5, 5.41) is 12.8. The summed E-state index contributed by atoms with van der Waals surface area (Å²) < 4.78 is 17.3. The molecule has 3 heterocycles. The van der Waals surface area contributed by atoms with Crippen molar-refractivity contribution in [2.24, 2.45) is 23.2 Å². The zero-order valence-electron chi connectivity index (χ0n) is 23.3. The number of carbonyl (C=O) groups is 3. The number of benzene rings is 1. The van der Waals surface area contributed by atoms with E-state index in [1.165, 1.54) is 4.90 Å². The number of aromatic nitrogens is 2. The van der Waals surface area contributed by atoms with Gasteiger partial charge in [0.05, 0.1) is 24.7 Å². The second kappa shape index (κ2) is 9.78. The van der Waals surface area contributed by atoms with Gasteiger partial charge in [0.2, 0.25) is 11.8 Å². The lowest BCUT2D eigenvalue weighted by atomic mass is 9.85. The number of carboxylic acid groups (broad SMARTS) is 1. The molecule has 0 radical (unpaired) electrons. The largest absolute Gasteiger partial charge is 0.497 e. The van der Waals surface area contributed by atoms with E-state index < -0.39 is 41.6 Å². The summed E-state index contributed by atoms with van der Waals surface area (Å²) in [5.74, 6) is 0.773. The number of fused-ring (bicyclic) bond motifs is 6. The minimum Gasteiger partial charge on any atom is -0.497 e. The molecule has 7 atom stereocenters. The van der Waals surface area contributed by atoms with Gasteiger partial charge in [0.15, 0.2) is 0 Å². The molecule has 2 N–H and O–H groups in total. The van der Waals surface area contributed by atoms with Gasteiger partial charge in [0, 0.05) is 24.3 Å². The summed E-state index contributed by atoms with van der Waals surface area (Å²) in [6.07, 6.45) is 2.40. The number of alkyl carbamates (subject to hydrolysis) is 1. The lowest BCUT2D eigenvalue weighted by Gasteiger charge is -2.34. The third-order valence-corrected chi connectivity index (χ3v) is 8.75. The number of aliphatic carboxylic acids is 1. The fraction of sp³-hybridized carbons (Fsp3) is 0.621. The Hall–Kier alpha value is -3.63. The van der Waals surface area contributed by atoms with Crippen LogP contribution >= 0.6 is 0 Å². The van der Waals surface area contributed by atoms with Crippen molar-refractivity contribution in [3.63, 3.8) is 0 Å². The van der Waals surface area contributed by atoms with Crippen molar-refractivity contribution < 1.29 is 33.7 Å². The van der Waals surface area contributed by atoms with E-state index >= 15 is 0 Å². The lowest BCUT2D eigenvalue weighted by Crippen LogP contribution is -2.57. The molecule has 2 bridgehead atoms. The normalized spacial score (nSPS) is 32.0. The van der Waals surface area contributed by atoms with Crippen LogP contribution < -0.4 is 14.8 Å². The van der Waals surface area contributed by atoms with Gasteiger partial charge in [0.1, 0.15) is 35.7 Å². The van der Waals surface area contributed by atoms with Gasteiger partial charge in [-0.2, -0.15) is 0 Å². The van der Waals surface area contributed by atoms with Crippen LogP contribution in [0.3, 0.4) is 0 Å². The molecule has 11 nitrogen and oxygen atoms in total. The van der Waals surface area contributed by atoms with Crippen molar-refractivity contribution in [2.75, 3.05) is 13.7 Å². The SMILES string of the molecule is COc1ccc2nc3c(nc2c1)O[C@@H]1C[C@@H](C(=O)O)N(C1)C(=O)[C@H](C(C)(C)C)NC(=O)OC1C2C(CCCC3)[C@@H]12. The van der Waals surface area contributed by atoms with E-state index in [-0.39, 0.29) is 19.1 Å². The molecule has 1 aromatic carbocycles. The zero-order valence-corrected chi connectivity index (χ0v) is 23.3. The van der Waals surface area contributed by atoms with Crippen LogP contribution in [0.2, 0.25) is 0 Å². The Morgan fingerprint density at radius 1 is 1.12 bits per heavy atom. The Labute approximate surface area is 232 Å². The number of hydrogen-bond acceptors (Lipinski definition) is 8. The molecule has 2 saturated carbocycles. The van der Waals surface area contributed by atoms with Gasteiger partial charge in [-0.1, -0.05) is 27.2 Å². The van der Waals surface area contributed by atoms with Crippen LogP contribution in [0.25, 0.3) is 11.0 Å². The van der Waals surface area contributed by atoms with Crippen LogP contribution in [0, 0.1) is 23.2 Å². The fourth-order valence-corrected chi connectivity index (χ4v) is 6.36. The second-order valence-corrected chi connectivity index (χ2v) is 12.5. The standard InChI is InChI=1S/C29H36N4O7/c1-29(2,3)24-26(34)33-13-15(12-20(33)27(35)36)39-25-18(30-17-10-9-14(38-4)11-19(17)31-25)8-6-5-7-16-21-22(16)23(21)40-28(37)32-24/h9-11,15-16,20-24H,5-8,12-13H2,1-4H3,(H,32,37)(H,35,36)/t15-,16?,20+,21-,22?,23?,24-/m1/s1. The smallest absolute Gasteiger partial charge is 0.408 e. The van der Waals surface area contributed by atoms with Crippen molar-refractivity contribution >= 4 is 29.0 Å². The van der Waals surface area contributed by atoms with Gasteiger partial charge in [-0.3, -0.25) is 4.79 Å². The van der Waals surface area contributed by atoms with Crippen LogP contribution in [-0.4, -0.2) is 75.9 Å². The summed E-state index contributed by atoms with van der Waals surface area (Å²) in [7, 11) is 1.58. The Bertz CT molecular complexity index is 1350. The molecule has 2 aliphatic carbocycles. The van der Waals surface area contributed by atoms with Gasteiger partial charge in [-0.15, -0.1) is 0 Å². The molecule has 11 heteroatoms. The van der Waals surface area contributed by atoms with Gasteiger partial charge in [-0.25, -0.2) is 19.6 Å². The molecule has 4 aliphatic rings. The molecular formula is C29H36N4O7. The first kappa shape index (κ1) is 26.6. The van der Waals surface area contributed by atoms with E-state index in [1.54, 1.807) is 13.2 Å². The Kier molecular flexibility index (Phi) is 6.50. The molecule has 2 aliphatic heterocycles. The van der Waals surface area contributed by atoms with E-state index in [9.17, 15) is 19.5 Å². The highest BCUT2D eigenvalue weighted by atomic mass is 16.6. The molecule has 214 valence electrons. The third kappa shape index (κ3) is 4.90. The third-order valence-electron chi connectivity index (χ3n) is 8.75. The topological polar surface area (TPSA) is 140 Å². The number of rotatable bonds is 2. The summed E-state index contributed by atoms with van der Waals surface area (Å²) in [6.45, 7) is 5.54. The van der Waals surface area contributed by atoms with Gasteiger partial charge in [0.25, 0.3) is 0 Å². The molecule has 3 unspecified atom stereocenters. The van der Waals surface area contributed by atoms with Crippen LogP contribution in [-0.2, 0) is 20.7 Å². The Balaban J connectivity index is 1.33. The highest BCUT2D eigenvalue weighted by molar-refractivity contribution is 5.90. The van der Waals surface area contributed by atoms with E-state index in [0.29, 0.717) is 41.3 Å². The second-order valence-electron chi connectivity index (χ2n) is 12.5. The number of aryl methyl sites for hydroxylation is 1. The maximum Gasteiger partial charge on any atom is 0.408 e. The first-order chi connectivity index (χ1) is 19.0. The molecular weight excluding hydrogens is 516 g/mol. The van der Waals surface area contributed by atoms with E-state index in [1.807, 2.05) is 32.9 Å². The summed E-state index contributed by atoms with van der Waals surface area (Å²) >= 11 is 0. The van der Waals surface area contributed by atoms with E-state index in [4.69, 9.17) is 24.2 Å². The minimum absolute atomic E-state index is 0.0465. The molecule has 2 aromatic rings. The zero-order chi connectivity index (χ0) is 28.3. The fourth-order valence-electron chi connectivity index (χ4n) is 6.36. The monoisotopic (exact) mass is 552 g/mol. The van der Waals surface area contributed by atoms with Crippen LogP contribution in [0.4, 0.5) is 4.79 Å². The Morgan fingerprint density at radius 2 is 1.90 bits per heavy atom. The highest BCUT2D eigenvalue weighted by Gasteiger charge is 2.75. The van der Waals surface area contributed by atoms with Crippen LogP contribution in [0.15, 0.2) is 18.2 Å². The molecule has 6 rings (SSSR count). The Morgan fingerprint density at radius 3 is 2.60 bits per heavy atom. The minimum atomic E-state index is -1.13. The quantitative estimate of drug-likeness (QED) is 0.575. The van der Waals surface area contributed by atoms with Crippen molar-refractivity contribution in [3.05, 3.63) is 23.9 Å². The van der Waals surface area contributed by atoms with Crippen molar-refractivity contribution in [2.45, 2.75) is 77.2 Å². The van der Waals surface area contributed by atoms with Crippen molar-refractivity contribution in [1.29, 1.82) is 0 Å². The van der Waals surface area contributed by atoms with Gasteiger partial charge in [-0.05, 0) is 42.7 Å². The summed E-state index contributed by atoms with van der Waals surface area (Å²) in [5.41, 5.74) is 1.38. The predicted octanol–water partition coefficient (Wildman–Crippen LogP) is 3.18. The number of methoxy groups -OCH3 is 1. The summed E-state index contributed by atoms with van der Waals surface area (Å²) in [4.78, 5) is 49.7. The molecule has 1 saturated heterocycles.